The fourth-order valence-electron chi connectivity index (χ4n) is 2.80. The molecule has 1 aliphatic rings. The van der Waals surface area contributed by atoms with Gasteiger partial charge >= 0.3 is 6.03 Å². The Morgan fingerprint density at radius 3 is 2.85 bits per heavy atom. The van der Waals surface area contributed by atoms with E-state index in [1.165, 1.54) is 0 Å². The molecule has 0 spiro atoms. The molecular weight excluding hydrogens is 423 g/mol. The van der Waals surface area contributed by atoms with Crippen LogP contribution in [0.2, 0.25) is 10.0 Å². The molecular formula is C18H14Cl2N4OS2. The van der Waals surface area contributed by atoms with Crippen molar-refractivity contribution >= 4 is 63.8 Å². The average Bonchev–Trinajstić information content (AvgIpc) is 3.26. The highest BCUT2D eigenvalue weighted by Gasteiger charge is 2.27. The zero-order valence-corrected chi connectivity index (χ0v) is 17.3. The van der Waals surface area contributed by atoms with Crippen molar-refractivity contribution in [3.8, 4) is 0 Å². The van der Waals surface area contributed by atoms with E-state index in [-0.39, 0.29) is 6.03 Å². The molecule has 138 valence electrons. The summed E-state index contributed by atoms with van der Waals surface area (Å²) in [6.07, 6.45) is 2.41. The standard InChI is InChI=1S/C18H14Cl2N4OS2/c1-10-9-26-18(22-10)27-11-2-5-15(21-8-11)23-17(25)24-7-6-12-14(24)4-3-13(19)16(12)20/h2-5,8-9H,6-7H2,1H3,(H,21,23,25). The normalized spacial score (nSPS) is 12.9. The number of hydrogen-bond acceptors (Lipinski definition) is 5. The van der Waals surface area contributed by atoms with Gasteiger partial charge in [-0.3, -0.25) is 10.2 Å². The number of rotatable bonds is 3. The highest BCUT2D eigenvalue weighted by atomic mass is 35.5. The zero-order valence-electron chi connectivity index (χ0n) is 14.2. The summed E-state index contributed by atoms with van der Waals surface area (Å²) >= 11 is 15.5. The van der Waals surface area contributed by atoms with E-state index in [1.54, 1.807) is 46.3 Å². The van der Waals surface area contributed by atoms with Crippen LogP contribution in [0.15, 0.2) is 45.1 Å². The number of amides is 2. The Bertz CT molecular complexity index is 1010. The van der Waals surface area contributed by atoms with E-state index >= 15 is 0 Å². The number of pyridine rings is 1. The van der Waals surface area contributed by atoms with Crippen LogP contribution in [0, 0.1) is 6.92 Å². The Morgan fingerprint density at radius 1 is 1.30 bits per heavy atom. The molecule has 0 aliphatic carbocycles. The largest absolute Gasteiger partial charge is 0.327 e. The maximum atomic E-state index is 12.6. The Balaban J connectivity index is 1.44. The fraction of sp³-hybridized carbons (Fsp3) is 0.167. The molecule has 0 saturated carbocycles. The summed E-state index contributed by atoms with van der Waals surface area (Å²) in [5.74, 6) is 0.494. The molecule has 1 aromatic carbocycles. The molecule has 9 heteroatoms. The average molecular weight is 437 g/mol. The van der Waals surface area contributed by atoms with Gasteiger partial charge in [0.05, 0.1) is 15.7 Å². The molecule has 3 heterocycles. The van der Waals surface area contributed by atoms with E-state index in [0.717, 1.165) is 26.2 Å². The van der Waals surface area contributed by atoms with Crippen LogP contribution in [-0.2, 0) is 6.42 Å². The van der Waals surface area contributed by atoms with Crippen LogP contribution in [0.3, 0.4) is 0 Å². The number of halogens is 2. The summed E-state index contributed by atoms with van der Waals surface area (Å²) < 4.78 is 0.968. The van der Waals surface area contributed by atoms with Gasteiger partial charge in [0.1, 0.15) is 5.82 Å². The van der Waals surface area contributed by atoms with Crippen LogP contribution in [0.25, 0.3) is 0 Å². The van der Waals surface area contributed by atoms with Gasteiger partial charge in [-0.2, -0.15) is 0 Å². The Kier molecular flexibility index (Phi) is 5.27. The SMILES string of the molecule is Cc1csc(Sc2ccc(NC(=O)N3CCc4c3ccc(Cl)c4Cl)nc2)n1. The number of aryl methyl sites for hydroxylation is 1. The Hall–Kier alpha value is -1.80. The van der Waals surface area contributed by atoms with Crippen molar-refractivity contribution in [1.29, 1.82) is 0 Å². The minimum Gasteiger partial charge on any atom is -0.294 e. The van der Waals surface area contributed by atoms with E-state index < -0.39 is 0 Å². The molecule has 1 aliphatic heterocycles. The topological polar surface area (TPSA) is 58.1 Å². The van der Waals surface area contributed by atoms with E-state index in [2.05, 4.69) is 15.3 Å². The van der Waals surface area contributed by atoms with Gasteiger partial charge in [-0.05, 0) is 43.2 Å². The van der Waals surface area contributed by atoms with Crippen molar-refractivity contribution < 1.29 is 4.79 Å². The van der Waals surface area contributed by atoms with E-state index in [9.17, 15) is 4.79 Å². The number of benzene rings is 1. The summed E-state index contributed by atoms with van der Waals surface area (Å²) in [7, 11) is 0. The molecule has 2 amide bonds. The second-order valence-corrected chi connectivity index (χ2v) is 8.89. The molecule has 0 saturated heterocycles. The second kappa shape index (κ2) is 7.67. The molecule has 27 heavy (non-hydrogen) atoms. The van der Waals surface area contributed by atoms with Crippen LogP contribution in [0.1, 0.15) is 11.3 Å². The van der Waals surface area contributed by atoms with Crippen LogP contribution in [0.4, 0.5) is 16.3 Å². The zero-order chi connectivity index (χ0) is 19.0. The molecule has 1 N–H and O–H groups in total. The van der Waals surface area contributed by atoms with Crippen molar-refractivity contribution in [3.63, 3.8) is 0 Å². The van der Waals surface area contributed by atoms with E-state index in [4.69, 9.17) is 23.2 Å². The van der Waals surface area contributed by atoms with Gasteiger partial charge in [0, 0.05) is 28.7 Å². The lowest BCUT2D eigenvalue weighted by Gasteiger charge is -2.18. The highest BCUT2D eigenvalue weighted by Crippen LogP contribution is 2.38. The Morgan fingerprint density at radius 2 is 2.15 bits per heavy atom. The summed E-state index contributed by atoms with van der Waals surface area (Å²) in [6, 6.07) is 6.99. The van der Waals surface area contributed by atoms with Gasteiger partial charge in [0.2, 0.25) is 0 Å². The quantitative estimate of drug-likeness (QED) is 0.554. The summed E-state index contributed by atoms with van der Waals surface area (Å²) in [5.41, 5.74) is 2.69. The molecule has 0 fully saturated rings. The van der Waals surface area contributed by atoms with Crippen molar-refractivity contribution in [1.82, 2.24) is 9.97 Å². The molecule has 4 rings (SSSR count). The van der Waals surface area contributed by atoms with Crippen molar-refractivity contribution in [3.05, 3.63) is 57.1 Å². The lowest BCUT2D eigenvalue weighted by atomic mass is 10.2. The number of fused-ring (bicyclic) bond motifs is 1. The van der Waals surface area contributed by atoms with Crippen molar-refractivity contribution in [2.75, 3.05) is 16.8 Å². The molecule has 2 aromatic heterocycles. The number of carbonyl (C=O) groups is 1. The maximum Gasteiger partial charge on any atom is 0.327 e. The first-order chi connectivity index (χ1) is 13.0. The second-order valence-electron chi connectivity index (χ2n) is 5.93. The number of aromatic nitrogens is 2. The van der Waals surface area contributed by atoms with E-state index in [0.29, 0.717) is 28.8 Å². The minimum atomic E-state index is -0.240. The van der Waals surface area contributed by atoms with Crippen molar-refractivity contribution in [2.45, 2.75) is 22.6 Å². The molecule has 0 radical (unpaired) electrons. The third-order valence-corrected chi connectivity index (χ3v) is 6.94. The number of thiazole rings is 1. The van der Waals surface area contributed by atoms with Gasteiger partial charge in [-0.25, -0.2) is 14.8 Å². The number of urea groups is 1. The van der Waals surface area contributed by atoms with Crippen LogP contribution in [-0.4, -0.2) is 22.5 Å². The van der Waals surface area contributed by atoms with Crippen LogP contribution >= 0.6 is 46.3 Å². The Labute approximate surface area is 174 Å². The molecule has 0 bridgehead atoms. The van der Waals surface area contributed by atoms with Crippen molar-refractivity contribution in [2.24, 2.45) is 0 Å². The first-order valence-corrected chi connectivity index (χ1v) is 10.6. The first kappa shape index (κ1) is 18.6. The third kappa shape index (κ3) is 3.91. The summed E-state index contributed by atoms with van der Waals surface area (Å²) in [5, 5.41) is 5.86. The number of carbonyl (C=O) groups excluding carboxylic acids is 1. The number of nitrogens with zero attached hydrogens (tertiary/aromatic N) is 3. The van der Waals surface area contributed by atoms with Gasteiger partial charge in [0.15, 0.2) is 4.34 Å². The fourth-order valence-corrected chi connectivity index (χ4v) is 5.01. The monoisotopic (exact) mass is 436 g/mol. The van der Waals surface area contributed by atoms with Crippen LogP contribution < -0.4 is 10.2 Å². The van der Waals surface area contributed by atoms with Crippen LogP contribution in [0.5, 0.6) is 0 Å². The predicted octanol–water partition coefficient (Wildman–Crippen LogP) is 5.90. The molecule has 0 atom stereocenters. The number of nitrogens with one attached hydrogen (secondary N) is 1. The molecule has 5 nitrogen and oxygen atoms in total. The third-order valence-electron chi connectivity index (χ3n) is 4.07. The summed E-state index contributed by atoms with van der Waals surface area (Å²) in [4.78, 5) is 24.0. The maximum absolute atomic E-state index is 12.6. The van der Waals surface area contributed by atoms with Gasteiger partial charge in [0.25, 0.3) is 0 Å². The number of anilines is 2. The van der Waals surface area contributed by atoms with E-state index in [1.807, 2.05) is 24.4 Å². The van der Waals surface area contributed by atoms with Gasteiger partial charge in [-0.15, -0.1) is 11.3 Å². The smallest absolute Gasteiger partial charge is 0.294 e. The minimum absolute atomic E-state index is 0.240. The molecule has 3 aromatic rings. The molecule has 0 unspecified atom stereocenters. The lowest BCUT2D eigenvalue weighted by Crippen LogP contribution is -2.33. The first-order valence-electron chi connectivity index (χ1n) is 8.12. The van der Waals surface area contributed by atoms with Gasteiger partial charge < -0.3 is 0 Å². The predicted molar refractivity (Wildman–Crippen MR) is 112 cm³/mol. The van der Waals surface area contributed by atoms with Gasteiger partial charge in [-0.1, -0.05) is 35.0 Å². The highest BCUT2D eigenvalue weighted by molar-refractivity contribution is 8.01. The summed E-state index contributed by atoms with van der Waals surface area (Å²) in [6.45, 7) is 2.52. The number of hydrogen-bond donors (Lipinski definition) is 1. The lowest BCUT2D eigenvalue weighted by molar-refractivity contribution is 0.257.